The predicted molar refractivity (Wildman–Crippen MR) is 79.2 cm³/mol. The van der Waals surface area contributed by atoms with Gasteiger partial charge in [-0.3, -0.25) is 4.90 Å². The fourth-order valence-electron chi connectivity index (χ4n) is 2.64. The van der Waals surface area contributed by atoms with E-state index in [0.29, 0.717) is 12.0 Å². The van der Waals surface area contributed by atoms with Gasteiger partial charge in [0.05, 0.1) is 6.10 Å². The Balaban J connectivity index is 1.86. The summed E-state index contributed by atoms with van der Waals surface area (Å²) in [6, 6.07) is 8.77. The minimum atomic E-state index is 0.233. The second-order valence-electron chi connectivity index (χ2n) is 5.95. The fraction of sp³-hybridized carbons (Fsp3) is 0.625. The van der Waals surface area contributed by atoms with E-state index in [1.807, 2.05) is 13.8 Å². The predicted octanol–water partition coefficient (Wildman–Crippen LogP) is 2.64. The summed E-state index contributed by atoms with van der Waals surface area (Å²) >= 11 is 0. The van der Waals surface area contributed by atoms with E-state index in [2.05, 4.69) is 36.1 Å². The van der Waals surface area contributed by atoms with Gasteiger partial charge in [0.25, 0.3) is 0 Å². The van der Waals surface area contributed by atoms with E-state index in [4.69, 9.17) is 10.5 Å². The topological polar surface area (TPSA) is 38.5 Å². The quantitative estimate of drug-likeness (QED) is 0.886. The maximum Gasteiger partial charge on any atom is 0.119 e. The summed E-state index contributed by atoms with van der Waals surface area (Å²) < 4.78 is 5.66. The van der Waals surface area contributed by atoms with E-state index in [9.17, 15) is 0 Å². The summed E-state index contributed by atoms with van der Waals surface area (Å²) in [7, 11) is 0. The Hall–Kier alpha value is -1.06. The lowest BCUT2D eigenvalue weighted by Crippen LogP contribution is -2.29. The Morgan fingerprint density at radius 1 is 1.26 bits per heavy atom. The summed E-state index contributed by atoms with van der Waals surface area (Å²) in [5.41, 5.74) is 7.32. The largest absolute Gasteiger partial charge is 0.491 e. The first-order chi connectivity index (χ1) is 9.04. The summed E-state index contributed by atoms with van der Waals surface area (Å²) in [4.78, 5) is 2.49. The van der Waals surface area contributed by atoms with Crippen LogP contribution in [0.4, 0.5) is 0 Å². The third kappa shape index (κ3) is 4.22. The number of ether oxygens (including phenoxy) is 1. The first-order valence-electron chi connectivity index (χ1n) is 7.28. The van der Waals surface area contributed by atoms with E-state index in [1.165, 1.54) is 12.0 Å². The highest BCUT2D eigenvalue weighted by atomic mass is 16.5. The molecule has 19 heavy (non-hydrogen) atoms. The van der Waals surface area contributed by atoms with Crippen molar-refractivity contribution in [2.24, 2.45) is 11.7 Å². The third-order valence-corrected chi connectivity index (χ3v) is 3.75. The van der Waals surface area contributed by atoms with Crippen LogP contribution in [0.2, 0.25) is 0 Å². The SMILES string of the molecule is CC(C)Oc1ccc(CN2CCC(C(C)N)C2)cc1. The molecule has 0 aliphatic carbocycles. The minimum absolute atomic E-state index is 0.233. The zero-order chi connectivity index (χ0) is 13.8. The summed E-state index contributed by atoms with van der Waals surface area (Å²) in [5.74, 6) is 1.61. The Morgan fingerprint density at radius 3 is 2.47 bits per heavy atom. The summed E-state index contributed by atoms with van der Waals surface area (Å²) in [6.07, 6.45) is 1.46. The van der Waals surface area contributed by atoms with Crippen LogP contribution in [0.5, 0.6) is 5.75 Å². The average molecular weight is 262 g/mol. The van der Waals surface area contributed by atoms with Gasteiger partial charge in [-0.15, -0.1) is 0 Å². The molecule has 3 heteroatoms. The highest BCUT2D eigenvalue weighted by molar-refractivity contribution is 5.27. The van der Waals surface area contributed by atoms with Crippen molar-refractivity contribution in [3.63, 3.8) is 0 Å². The van der Waals surface area contributed by atoms with Crippen LogP contribution in [-0.2, 0) is 6.54 Å². The normalized spacial score (nSPS) is 21.8. The van der Waals surface area contributed by atoms with Crippen LogP contribution in [0, 0.1) is 5.92 Å². The van der Waals surface area contributed by atoms with Gasteiger partial charge in [-0.05, 0) is 57.4 Å². The number of hydrogen-bond donors (Lipinski definition) is 1. The van der Waals surface area contributed by atoms with Crippen LogP contribution in [0.15, 0.2) is 24.3 Å². The van der Waals surface area contributed by atoms with Crippen molar-refractivity contribution in [2.45, 2.75) is 45.9 Å². The smallest absolute Gasteiger partial charge is 0.119 e. The van der Waals surface area contributed by atoms with Crippen LogP contribution in [0.25, 0.3) is 0 Å². The molecular weight excluding hydrogens is 236 g/mol. The zero-order valence-corrected chi connectivity index (χ0v) is 12.3. The number of hydrogen-bond acceptors (Lipinski definition) is 3. The molecule has 1 aliphatic heterocycles. The van der Waals surface area contributed by atoms with Crippen LogP contribution in [0.3, 0.4) is 0 Å². The van der Waals surface area contributed by atoms with Crippen molar-refractivity contribution in [2.75, 3.05) is 13.1 Å². The Labute approximate surface area is 116 Å². The van der Waals surface area contributed by atoms with Gasteiger partial charge in [-0.25, -0.2) is 0 Å². The van der Waals surface area contributed by atoms with E-state index in [1.54, 1.807) is 0 Å². The number of benzene rings is 1. The van der Waals surface area contributed by atoms with Crippen molar-refractivity contribution in [3.8, 4) is 5.75 Å². The second-order valence-corrected chi connectivity index (χ2v) is 5.95. The average Bonchev–Trinajstić information content (AvgIpc) is 2.80. The molecule has 106 valence electrons. The molecule has 1 fully saturated rings. The van der Waals surface area contributed by atoms with Crippen LogP contribution in [-0.4, -0.2) is 30.1 Å². The molecule has 1 aliphatic rings. The summed E-state index contributed by atoms with van der Waals surface area (Å²) in [6.45, 7) is 9.52. The molecule has 1 aromatic rings. The van der Waals surface area contributed by atoms with E-state index in [0.717, 1.165) is 25.4 Å². The molecule has 2 N–H and O–H groups in total. The fourth-order valence-corrected chi connectivity index (χ4v) is 2.64. The molecule has 0 radical (unpaired) electrons. The van der Waals surface area contributed by atoms with E-state index >= 15 is 0 Å². The minimum Gasteiger partial charge on any atom is -0.491 e. The highest BCUT2D eigenvalue weighted by Gasteiger charge is 2.24. The van der Waals surface area contributed by atoms with Crippen molar-refractivity contribution < 1.29 is 4.74 Å². The van der Waals surface area contributed by atoms with Gasteiger partial charge in [0.1, 0.15) is 5.75 Å². The van der Waals surface area contributed by atoms with Crippen LogP contribution >= 0.6 is 0 Å². The molecule has 1 heterocycles. The van der Waals surface area contributed by atoms with Crippen molar-refractivity contribution >= 4 is 0 Å². The molecule has 0 amide bonds. The molecule has 0 saturated carbocycles. The molecule has 0 spiro atoms. The summed E-state index contributed by atoms with van der Waals surface area (Å²) in [5, 5.41) is 0. The van der Waals surface area contributed by atoms with Crippen molar-refractivity contribution in [1.82, 2.24) is 4.90 Å². The monoisotopic (exact) mass is 262 g/mol. The lowest BCUT2D eigenvalue weighted by atomic mass is 10.0. The molecule has 3 nitrogen and oxygen atoms in total. The first-order valence-corrected chi connectivity index (χ1v) is 7.28. The highest BCUT2D eigenvalue weighted by Crippen LogP contribution is 2.21. The number of likely N-dealkylation sites (tertiary alicyclic amines) is 1. The Kier molecular flexibility index (Phi) is 4.83. The molecule has 2 unspecified atom stereocenters. The maximum absolute atomic E-state index is 5.98. The molecule has 0 aromatic heterocycles. The molecule has 1 aromatic carbocycles. The van der Waals surface area contributed by atoms with E-state index < -0.39 is 0 Å². The third-order valence-electron chi connectivity index (χ3n) is 3.75. The van der Waals surface area contributed by atoms with Gasteiger partial charge >= 0.3 is 0 Å². The number of nitrogens with zero attached hydrogens (tertiary/aromatic N) is 1. The van der Waals surface area contributed by atoms with Gasteiger partial charge in [0, 0.05) is 19.1 Å². The lowest BCUT2D eigenvalue weighted by Gasteiger charge is -2.18. The van der Waals surface area contributed by atoms with Gasteiger partial charge < -0.3 is 10.5 Å². The molecular formula is C16H26N2O. The van der Waals surface area contributed by atoms with E-state index in [-0.39, 0.29) is 6.10 Å². The second kappa shape index (κ2) is 6.40. The number of rotatable bonds is 5. The van der Waals surface area contributed by atoms with Crippen LogP contribution < -0.4 is 10.5 Å². The maximum atomic E-state index is 5.98. The molecule has 1 saturated heterocycles. The Bertz CT molecular complexity index is 386. The van der Waals surface area contributed by atoms with Gasteiger partial charge in [0.15, 0.2) is 0 Å². The molecule has 0 bridgehead atoms. The number of nitrogens with two attached hydrogens (primary N) is 1. The lowest BCUT2D eigenvalue weighted by molar-refractivity contribution is 0.242. The van der Waals surface area contributed by atoms with Crippen LogP contribution in [0.1, 0.15) is 32.8 Å². The van der Waals surface area contributed by atoms with Gasteiger partial charge in [0.2, 0.25) is 0 Å². The standard InChI is InChI=1S/C16H26N2O/c1-12(2)19-16-6-4-14(5-7-16)10-18-9-8-15(11-18)13(3)17/h4-7,12-13,15H,8-11,17H2,1-3H3. The Morgan fingerprint density at radius 2 is 1.95 bits per heavy atom. The van der Waals surface area contributed by atoms with Gasteiger partial charge in [-0.1, -0.05) is 12.1 Å². The van der Waals surface area contributed by atoms with Crippen molar-refractivity contribution in [1.29, 1.82) is 0 Å². The molecule has 2 atom stereocenters. The first kappa shape index (κ1) is 14.4. The van der Waals surface area contributed by atoms with Gasteiger partial charge in [-0.2, -0.15) is 0 Å². The molecule has 2 rings (SSSR count). The zero-order valence-electron chi connectivity index (χ0n) is 12.3. The van der Waals surface area contributed by atoms with Crippen molar-refractivity contribution in [3.05, 3.63) is 29.8 Å².